The molecule has 2 aliphatic heterocycles. The van der Waals surface area contributed by atoms with Crippen LogP contribution in [0.15, 0.2) is 42.0 Å². The lowest BCUT2D eigenvalue weighted by Gasteiger charge is -2.40. The van der Waals surface area contributed by atoms with Crippen LogP contribution < -0.4 is 0 Å². The fraction of sp³-hybridized carbons (Fsp3) is 0.381. The molecule has 0 unspecified atom stereocenters. The molecule has 3 aromatic rings. The standard InChI is InChI=1S/C21H22N4OS/c26-21(15-1-2-18-19(13-15)23-8-7-22-18)24-9-3-17(4-10-24)25-11-5-20-16(14-25)6-12-27-20/h1-2,6-8,12-13,17H,3-5,9-11,14H2. The van der Waals surface area contributed by atoms with Crippen LogP contribution in [-0.2, 0) is 13.0 Å². The van der Waals surface area contributed by atoms with Crippen LogP contribution in [0.2, 0.25) is 0 Å². The van der Waals surface area contributed by atoms with Gasteiger partial charge in [0.05, 0.1) is 11.0 Å². The SMILES string of the molecule is O=C(c1ccc2nccnc2c1)N1CCC(N2CCc3sccc3C2)CC1. The number of aromatic nitrogens is 2. The van der Waals surface area contributed by atoms with Crippen LogP contribution in [0.3, 0.4) is 0 Å². The van der Waals surface area contributed by atoms with E-state index < -0.39 is 0 Å². The quantitative estimate of drug-likeness (QED) is 0.686. The molecule has 0 aliphatic carbocycles. The van der Waals surface area contributed by atoms with E-state index in [-0.39, 0.29) is 5.91 Å². The van der Waals surface area contributed by atoms with Gasteiger partial charge in [-0.1, -0.05) is 0 Å². The third-order valence-electron chi connectivity index (χ3n) is 5.82. The van der Waals surface area contributed by atoms with Crippen molar-refractivity contribution in [1.29, 1.82) is 0 Å². The molecule has 138 valence electrons. The molecule has 6 heteroatoms. The molecule has 1 saturated heterocycles. The van der Waals surface area contributed by atoms with Crippen LogP contribution in [0, 0.1) is 0 Å². The van der Waals surface area contributed by atoms with Crippen molar-refractivity contribution in [2.45, 2.75) is 31.8 Å². The first-order valence-corrected chi connectivity index (χ1v) is 10.5. The highest BCUT2D eigenvalue weighted by Gasteiger charge is 2.29. The summed E-state index contributed by atoms with van der Waals surface area (Å²) in [5, 5.41) is 2.21. The van der Waals surface area contributed by atoms with Crippen molar-refractivity contribution in [2.24, 2.45) is 0 Å². The minimum atomic E-state index is 0.111. The molecule has 0 radical (unpaired) electrons. The summed E-state index contributed by atoms with van der Waals surface area (Å²) in [5.74, 6) is 0.111. The molecule has 2 aliphatic rings. The van der Waals surface area contributed by atoms with Crippen molar-refractivity contribution >= 4 is 28.3 Å². The topological polar surface area (TPSA) is 49.3 Å². The van der Waals surface area contributed by atoms with Gasteiger partial charge in [0.25, 0.3) is 5.91 Å². The first kappa shape index (κ1) is 16.8. The van der Waals surface area contributed by atoms with Crippen LogP contribution in [0.1, 0.15) is 33.6 Å². The maximum absolute atomic E-state index is 12.9. The monoisotopic (exact) mass is 378 g/mol. The van der Waals surface area contributed by atoms with Gasteiger partial charge in [-0.15, -0.1) is 11.3 Å². The van der Waals surface area contributed by atoms with E-state index in [9.17, 15) is 4.79 Å². The molecular formula is C21H22N4OS. The maximum atomic E-state index is 12.9. The molecule has 1 aromatic carbocycles. The smallest absolute Gasteiger partial charge is 0.253 e. The van der Waals surface area contributed by atoms with Gasteiger partial charge in [0.1, 0.15) is 0 Å². The van der Waals surface area contributed by atoms with Crippen molar-refractivity contribution in [3.63, 3.8) is 0 Å². The van der Waals surface area contributed by atoms with E-state index in [1.165, 1.54) is 12.0 Å². The second kappa shape index (κ2) is 7.02. The average Bonchev–Trinajstić information content (AvgIpc) is 3.21. The van der Waals surface area contributed by atoms with E-state index >= 15 is 0 Å². The number of fused-ring (bicyclic) bond motifs is 2. The van der Waals surface area contributed by atoms with Gasteiger partial charge in [0.15, 0.2) is 0 Å². The van der Waals surface area contributed by atoms with Crippen LogP contribution in [-0.4, -0.2) is 51.4 Å². The van der Waals surface area contributed by atoms with Crippen molar-refractivity contribution in [3.05, 3.63) is 58.0 Å². The lowest BCUT2D eigenvalue weighted by molar-refractivity contribution is 0.0600. The summed E-state index contributed by atoms with van der Waals surface area (Å²) < 4.78 is 0. The largest absolute Gasteiger partial charge is 0.339 e. The molecule has 1 amide bonds. The van der Waals surface area contributed by atoms with Gasteiger partial charge in [-0.2, -0.15) is 0 Å². The lowest BCUT2D eigenvalue weighted by atomic mass is 9.99. The zero-order valence-corrected chi connectivity index (χ0v) is 16.0. The van der Waals surface area contributed by atoms with Crippen molar-refractivity contribution in [3.8, 4) is 0 Å². The molecular weight excluding hydrogens is 356 g/mol. The number of rotatable bonds is 2. The Labute approximate surface area is 162 Å². The average molecular weight is 379 g/mol. The number of hydrogen-bond acceptors (Lipinski definition) is 5. The molecule has 5 nitrogen and oxygen atoms in total. The lowest BCUT2D eigenvalue weighted by Crippen LogP contribution is -2.47. The normalized spacial score (nSPS) is 18.6. The summed E-state index contributed by atoms with van der Waals surface area (Å²) in [6, 6.07) is 8.47. The number of nitrogens with zero attached hydrogens (tertiary/aromatic N) is 4. The van der Waals surface area contributed by atoms with E-state index in [0.717, 1.165) is 50.1 Å². The molecule has 0 N–H and O–H groups in total. The summed E-state index contributed by atoms with van der Waals surface area (Å²) in [5.41, 5.74) is 3.81. The number of likely N-dealkylation sites (tertiary alicyclic amines) is 1. The predicted octanol–water partition coefficient (Wildman–Crippen LogP) is 3.35. The first-order valence-electron chi connectivity index (χ1n) is 9.57. The van der Waals surface area contributed by atoms with Gasteiger partial charge < -0.3 is 4.90 Å². The van der Waals surface area contributed by atoms with Gasteiger partial charge in [-0.3, -0.25) is 19.7 Å². The summed E-state index contributed by atoms with van der Waals surface area (Å²) in [6.07, 6.45) is 6.62. The van der Waals surface area contributed by atoms with Crippen LogP contribution in [0.25, 0.3) is 11.0 Å². The molecule has 27 heavy (non-hydrogen) atoms. The van der Waals surface area contributed by atoms with Gasteiger partial charge in [-0.05, 0) is 54.5 Å². The Morgan fingerprint density at radius 1 is 1.04 bits per heavy atom. The molecule has 0 atom stereocenters. The zero-order chi connectivity index (χ0) is 18.2. The molecule has 0 saturated carbocycles. The number of benzene rings is 1. The highest BCUT2D eigenvalue weighted by Crippen LogP contribution is 2.28. The number of amides is 1. The van der Waals surface area contributed by atoms with E-state index in [0.29, 0.717) is 11.6 Å². The van der Waals surface area contributed by atoms with Crippen molar-refractivity contribution < 1.29 is 4.79 Å². The molecule has 0 bridgehead atoms. The van der Waals surface area contributed by atoms with Crippen LogP contribution >= 0.6 is 11.3 Å². The molecule has 0 spiro atoms. The number of thiophene rings is 1. The number of carbonyl (C=O) groups excluding carboxylic acids is 1. The molecule has 2 aromatic heterocycles. The minimum absolute atomic E-state index is 0.111. The Morgan fingerprint density at radius 2 is 1.85 bits per heavy atom. The van der Waals surface area contributed by atoms with Crippen molar-refractivity contribution in [1.82, 2.24) is 19.8 Å². The van der Waals surface area contributed by atoms with Gasteiger partial charge in [0, 0.05) is 55.1 Å². The summed E-state index contributed by atoms with van der Waals surface area (Å²) >= 11 is 1.89. The minimum Gasteiger partial charge on any atom is -0.339 e. The summed E-state index contributed by atoms with van der Waals surface area (Å²) in [4.78, 5) is 27.7. The number of piperidine rings is 1. The van der Waals surface area contributed by atoms with E-state index in [2.05, 4.69) is 26.3 Å². The Bertz CT molecular complexity index is 977. The van der Waals surface area contributed by atoms with Gasteiger partial charge in [0.2, 0.25) is 0 Å². The fourth-order valence-corrected chi connectivity index (χ4v) is 5.18. The number of hydrogen-bond donors (Lipinski definition) is 0. The Morgan fingerprint density at radius 3 is 2.70 bits per heavy atom. The van der Waals surface area contributed by atoms with Crippen LogP contribution in [0.5, 0.6) is 0 Å². The second-order valence-electron chi connectivity index (χ2n) is 7.37. The first-order chi connectivity index (χ1) is 13.3. The fourth-order valence-electron chi connectivity index (χ4n) is 4.29. The third-order valence-corrected chi connectivity index (χ3v) is 6.84. The Balaban J connectivity index is 1.24. The van der Waals surface area contributed by atoms with E-state index in [1.54, 1.807) is 17.3 Å². The highest BCUT2D eigenvalue weighted by atomic mass is 32.1. The number of carbonyl (C=O) groups is 1. The maximum Gasteiger partial charge on any atom is 0.253 e. The van der Waals surface area contributed by atoms with E-state index in [4.69, 9.17) is 0 Å². The predicted molar refractivity (Wildman–Crippen MR) is 107 cm³/mol. The van der Waals surface area contributed by atoms with Crippen molar-refractivity contribution in [2.75, 3.05) is 19.6 Å². The molecule has 4 heterocycles. The summed E-state index contributed by atoms with van der Waals surface area (Å²) in [6.45, 7) is 3.88. The van der Waals surface area contributed by atoms with Crippen LogP contribution in [0.4, 0.5) is 0 Å². The zero-order valence-electron chi connectivity index (χ0n) is 15.2. The third kappa shape index (κ3) is 3.24. The van der Waals surface area contributed by atoms with Gasteiger partial charge >= 0.3 is 0 Å². The molecule has 5 rings (SSSR count). The van der Waals surface area contributed by atoms with Gasteiger partial charge in [-0.25, -0.2) is 0 Å². The Kier molecular flexibility index (Phi) is 4.38. The molecule has 1 fully saturated rings. The Hall–Kier alpha value is -2.31. The van der Waals surface area contributed by atoms with E-state index in [1.807, 2.05) is 34.4 Å². The summed E-state index contributed by atoms with van der Waals surface area (Å²) in [7, 11) is 0. The second-order valence-corrected chi connectivity index (χ2v) is 8.37. The highest BCUT2D eigenvalue weighted by molar-refractivity contribution is 7.10.